The van der Waals surface area contributed by atoms with Crippen LogP contribution in [-0.2, 0) is 0 Å². The zero-order valence-corrected chi connectivity index (χ0v) is 21.3. The lowest BCUT2D eigenvalue weighted by Crippen LogP contribution is -2.61. The summed E-state index contributed by atoms with van der Waals surface area (Å²) in [5, 5.41) is 23.1. The largest absolute Gasteiger partial charge is 0.493 e. The number of nitrogens with zero attached hydrogens (tertiary/aromatic N) is 5. The molecule has 4 aliphatic rings. The van der Waals surface area contributed by atoms with Crippen LogP contribution in [0.2, 0.25) is 0 Å². The maximum Gasteiger partial charge on any atom is 0.272 e. The van der Waals surface area contributed by atoms with Crippen LogP contribution in [0.1, 0.15) is 33.7 Å². The summed E-state index contributed by atoms with van der Waals surface area (Å²) in [5.41, 5.74) is 2.07. The number of hydrogen-bond donors (Lipinski definition) is 2. The number of likely N-dealkylation sites (tertiary alicyclic amines) is 2. The SMILES string of the molecule is O=C(c1ccc2[nH]nnc2c1)N1C[C@@H]2C3CN(C(=O)c4cc(OCC5CC5)c5ccccc5n4)CC3(O)[C@@H]2C1. The van der Waals surface area contributed by atoms with E-state index in [-0.39, 0.29) is 36.1 Å². The van der Waals surface area contributed by atoms with Gasteiger partial charge in [0.05, 0.1) is 29.8 Å². The van der Waals surface area contributed by atoms with Crippen molar-refractivity contribution in [1.82, 2.24) is 30.2 Å². The normalized spacial score (nSPS) is 27.5. The molecule has 198 valence electrons. The van der Waals surface area contributed by atoms with Gasteiger partial charge >= 0.3 is 0 Å². The first-order chi connectivity index (χ1) is 19.0. The van der Waals surface area contributed by atoms with Gasteiger partial charge in [-0.1, -0.05) is 17.3 Å². The molecule has 0 bridgehead atoms. The van der Waals surface area contributed by atoms with Gasteiger partial charge in [-0.05, 0) is 55.0 Å². The number of benzene rings is 2. The van der Waals surface area contributed by atoms with Gasteiger partial charge in [0.15, 0.2) is 0 Å². The number of aromatic amines is 1. The molecule has 2 aliphatic carbocycles. The van der Waals surface area contributed by atoms with E-state index in [2.05, 4.69) is 20.4 Å². The van der Waals surface area contributed by atoms with Crippen molar-refractivity contribution >= 4 is 33.8 Å². The third kappa shape index (κ3) is 3.54. The molecule has 2 aromatic carbocycles. The van der Waals surface area contributed by atoms with Crippen LogP contribution in [0.3, 0.4) is 0 Å². The minimum absolute atomic E-state index is 0.0537. The second-order valence-corrected chi connectivity index (χ2v) is 11.6. The molecule has 2 unspecified atom stereocenters. The lowest BCUT2D eigenvalue weighted by Gasteiger charge is -2.50. The Bertz CT molecular complexity index is 1650. The Kier molecular flexibility index (Phi) is 4.83. The van der Waals surface area contributed by atoms with Crippen LogP contribution in [0.15, 0.2) is 48.5 Å². The molecule has 8 rings (SSSR count). The van der Waals surface area contributed by atoms with Crippen molar-refractivity contribution in [1.29, 1.82) is 0 Å². The first-order valence-corrected chi connectivity index (χ1v) is 13.6. The summed E-state index contributed by atoms with van der Waals surface area (Å²) < 4.78 is 6.11. The number of rotatable bonds is 5. The third-order valence-electron chi connectivity index (χ3n) is 9.24. The van der Waals surface area contributed by atoms with E-state index in [9.17, 15) is 14.7 Å². The first-order valence-electron chi connectivity index (χ1n) is 13.6. The number of pyridine rings is 1. The van der Waals surface area contributed by atoms with Gasteiger partial charge in [-0.25, -0.2) is 4.98 Å². The zero-order chi connectivity index (χ0) is 26.3. The zero-order valence-electron chi connectivity index (χ0n) is 21.3. The maximum atomic E-state index is 13.6. The van der Waals surface area contributed by atoms with E-state index in [0.717, 1.165) is 16.4 Å². The second kappa shape index (κ2) is 8.22. The number of carbonyl (C=O) groups is 2. The Hall–Kier alpha value is -4.05. The van der Waals surface area contributed by atoms with Gasteiger partial charge in [0.2, 0.25) is 0 Å². The van der Waals surface area contributed by atoms with Crippen molar-refractivity contribution in [2.75, 3.05) is 32.8 Å². The van der Waals surface area contributed by atoms with E-state index < -0.39 is 5.60 Å². The Morgan fingerprint density at radius 2 is 1.82 bits per heavy atom. The molecule has 2 aromatic heterocycles. The fourth-order valence-electron chi connectivity index (χ4n) is 6.93. The fraction of sp³-hybridized carbons (Fsp3) is 0.414. The van der Waals surface area contributed by atoms with Gasteiger partial charge in [0.25, 0.3) is 11.8 Å². The highest BCUT2D eigenvalue weighted by Crippen LogP contribution is 2.57. The maximum absolute atomic E-state index is 13.6. The third-order valence-corrected chi connectivity index (χ3v) is 9.24. The van der Waals surface area contributed by atoms with Gasteiger partial charge in [-0.2, -0.15) is 0 Å². The van der Waals surface area contributed by atoms with Gasteiger partial charge in [-0.15, -0.1) is 5.10 Å². The molecule has 4 heterocycles. The van der Waals surface area contributed by atoms with Gasteiger partial charge in [-0.3, -0.25) is 14.7 Å². The monoisotopic (exact) mass is 524 g/mol. The minimum atomic E-state index is -0.992. The molecule has 2 amide bonds. The van der Waals surface area contributed by atoms with E-state index >= 15 is 0 Å². The van der Waals surface area contributed by atoms with Gasteiger partial charge in [0, 0.05) is 48.5 Å². The summed E-state index contributed by atoms with van der Waals surface area (Å²) in [6.45, 7) is 2.40. The van der Waals surface area contributed by atoms with Gasteiger partial charge in [0.1, 0.15) is 17.0 Å². The minimum Gasteiger partial charge on any atom is -0.493 e. The number of nitrogens with one attached hydrogen (secondary N) is 1. The molecular formula is C29H28N6O4. The van der Waals surface area contributed by atoms with Crippen LogP contribution in [-0.4, -0.2) is 85.5 Å². The molecule has 0 radical (unpaired) electrons. The summed E-state index contributed by atoms with van der Waals surface area (Å²) in [6, 6.07) is 14.8. The van der Waals surface area contributed by atoms with E-state index in [1.54, 1.807) is 23.1 Å². The van der Waals surface area contributed by atoms with Crippen molar-refractivity contribution in [3.63, 3.8) is 0 Å². The molecule has 2 saturated carbocycles. The van der Waals surface area contributed by atoms with Crippen LogP contribution in [0.25, 0.3) is 21.9 Å². The lowest BCUT2D eigenvalue weighted by molar-refractivity contribution is -0.145. The number of para-hydroxylation sites is 1. The number of ether oxygens (including phenoxy) is 1. The number of aliphatic hydroxyl groups is 1. The van der Waals surface area contributed by atoms with Crippen molar-refractivity contribution in [2.24, 2.45) is 23.7 Å². The Balaban J connectivity index is 0.994. The topological polar surface area (TPSA) is 125 Å². The highest BCUT2D eigenvalue weighted by Gasteiger charge is 2.68. The highest BCUT2D eigenvalue weighted by atomic mass is 16.5. The van der Waals surface area contributed by atoms with E-state index in [4.69, 9.17) is 4.74 Å². The molecule has 4 fully saturated rings. The first kappa shape index (κ1) is 22.9. The van der Waals surface area contributed by atoms with Crippen molar-refractivity contribution in [3.8, 4) is 5.75 Å². The standard InChI is InChI=1S/C29H28N6O4/c36-27(17-7-8-23-24(9-17)32-33-31-23)34-11-19-20(12-34)29(38)15-35(13-21(19)29)28(37)25-10-26(39-14-16-5-6-16)18-3-1-2-4-22(18)30-25/h1-4,7-10,16,19-21,38H,5-6,11-15H2,(H,31,32,33)/t19-,20+,21?,29?/m0/s1. The van der Waals surface area contributed by atoms with Crippen LogP contribution < -0.4 is 4.74 Å². The molecule has 2 aliphatic heterocycles. The number of fused-ring (bicyclic) bond motifs is 6. The van der Waals surface area contributed by atoms with E-state index in [0.29, 0.717) is 54.7 Å². The predicted molar refractivity (Wildman–Crippen MR) is 141 cm³/mol. The van der Waals surface area contributed by atoms with Crippen LogP contribution in [0.4, 0.5) is 0 Å². The molecule has 4 atom stereocenters. The van der Waals surface area contributed by atoms with Crippen LogP contribution in [0, 0.1) is 23.7 Å². The van der Waals surface area contributed by atoms with Gasteiger partial charge < -0.3 is 19.6 Å². The Morgan fingerprint density at radius 1 is 1.00 bits per heavy atom. The second-order valence-electron chi connectivity index (χ2n) is 11.6. The summed E-state index contributed by atoms with van der Waals surface area (Å²) in [5.74, 6) is 1.07. The summed E-state index contributed by atoms with van der Waals surface area (Å²) >= 11 is 0. The summed E-state index contributed by atoms with van der Waals surface area (Å²) in [4.78, 5) is 35.1. The number of H-pyrrole nitrogens is 1. The number of hydrogen-bond acceptors (Lipinski definition) is 7. The lowest BCUT2D eigenvalue weighted by atomic mass is 9.56. The molecule has 2 saturated heterocycles. The highest BCUT2D eigenvalue weighted by molar-refractivity contribution is 5.98. The molecule has 4 aromatic rings. The van der Waals surface area contributed by atoms with E-state index in [1.165, 1.54) is 12.8 Å². The molecule has 2 N–H and O–H groups in total. The molecule has 0 spiro atoms. The van der Waals surface area contributed by atoms with Crippen molar-refractivity contribution in [2.45, 2.75) is 18.4 Å². The summed E-state index contributed by atoms with van der Waals surface area (Å²) in [6.07, 6.45) is 2.37. The van der Waals surface area contributed by atoms with Crippen LogP contribution in [0.5, 0.6) is 5.75 Å². The molecule has 39 heavy (non-hydrogen) atoms. The number of β-amino-alcohol motifs (C(OH)–C–C–N with tert-alkyl or cyclic N) is 1. The van der Waals surface area contributed by atoms with Crippen LogP contribution >= 0.6 is 0 Å². The average molecular weight is 525 g/mol. The van der Waals surface area contributed by atoms with Crippen molar-refractivity contribution in [3.05, 3.63) is 59.8 Å². The van der Waals surface area contributed by atoms with Crippen molar-refractivity contribution < 1.29 is 19.4 Å². The molecular weight excluding hydrogens is 496 g/mol. The smallest absolute Gasteiger partial charge is 0.272 e. The number of carbonyl (C=O) groups excluding carboxylic acids is 2. The molecule has 10 nitrogen and oxygen atoms in total. The van der Waals surface area contributed by atoms with E-state index in [1.807, 2.05) is 35.2 Å². The Labute approximate surface area is 223 Å². The average Bonchev–Trinajstić information content (AvgIpc) is 3.38. The Morgan fingerprint density at radius 3 is 2.67 bits per heavy atom. The summed E-state index contributed by atoms with van der Waals surface area (Å²) in [7, 11) is 0. The predicted octanol–water partition coefficient (Wildman–Crippen LogP) is 2.50. The fourth-order valence-corrected chi connectivity index (χ4v) is 6.93. The molecule has 10 heteroatoms. The number of aromatic nitrogens is 4. The number of amides is 2. The quantitative estimate of drug-likeness (QED) is 0.411.